The van der Waals surface area contributed by atoms with E-state index in [4.69, 9.17) is 4.52 Å². The Morgan fingerprint density at radius 2 is 1.77 bits per heavy atom. The minimum Gasteiger partial charge on any atom is -0.354 e. The van der Waals surface area contributed by atoms with Gasteiger partial charge < -0.3 is 9.84 Å². The number of anilines is 1. The van der Waals surface area contributed by atoms with E-state index in [1.807, 2.05) is 0 Å². The van der Waals surface area contributed by atoms with Gasteiger partial charge >= 0.3 is 0 Å². The molecule has 0 unspecified atom stereocenters. The topological polar surface area (TPSA) is 101 Å². The average Bonchev–Trinajstić information content (AvgIpc) is 3.11. The molecule has 2 aromatic carbocycles. The number of aromatic nitrogens is 1. The van der Waals surface area contributed by atoms with Gasteiger partial charge in [-0.2, -0.15) is 0 Å². The van der Waals surface area contributed by atoms with Crippen LogP contribution in [0, 0.1) is 12.7 Å². The number of carbonyl (C=O) groups is 1. The highest BCUT2D eigenvalue weighted by atomic mass is 32.2. The van der Waals surface area contributed by atoms with E-state index in [0.29, 0.717) is 29.1 Å². The van der Waals surface area contributed by atoms with Crippen molar-refractivity contribution in [1.82, 2.24) is 9.88 Å². The first-order valence-corrected chi connectivity index (χ1v) is 11.0. The Hall–Kier alpha value is -3.30. The SMILES string of the molecule is CCC(=O)Nc1c(C)noc1C=Cc1ccc(S(=O)(=O)NCc2ccc(F)cc2)cc1. The minimum atomic E-state index is -3.72. The first-order valence-electron chi connectivity index (χ1n) is 9.57. The minimum absolute atomic E-state index is 0.0569. The van der Waals surface area contributed by atoms with Gasteiger partial charge in [-0.05, 0) is 48.4 Å². The van der Waals surface area contributed by atoms with Crippen molar-refractivity contribution in [3.8, 4) is 0 Å². The Morgan fingerprint density at radius 3 is 2.42 bits per heavy atom. The highest BCUT2D eigenvalue weighted by molar-refractivity contribution is 7.89. The summed E-state index contributed by atoms with van der Waals surface area (Å²) in [6.07, 6.45) is 3.71. The Morgan fingerprint density at radius 1 is 1.10 bits per heavy atom. The molecule has 9 heteroatoms. The summed E-state index contributed by atoms with van der Waals surface area (Å²) in [5.41, 5.74) is 2.46. The highest BCUT2D eigenvalue weighted by Gasteiger charge is 2.14. The second-order valence-electron chi connectivity index (χ2n) is 6.76. The number of nitrogens with one attached hydrogen (secondary N) is 2. The molecular formula is C22H22FN3O4S. The number of aryl methyl sites for hydroxylation is 1. The van der Waals surface area contributed by atoms with Crippen LogP contribution in [-0.4, -0.2) is 19.5 Å². The Bertz CT molecular complexity index is 1180. The lowest BCUT2D eigenvalue weighted by molar-refractivity contribution is -0.115. The molecule has 31 heavy (non-hydrogen) atoms. The molecule has 1 amide bonds. The van der Waals surface area contributed by atoms with Gasteiger partial charge in [-0.25, -0.2) is 17.5 Å². The van der Waals surface area contributed by atoms with Crippen LogP contribution in [-0.2, 0) is 21.4 Å². The van der Waals surface area contributed by atoms with E-state index in [2.05, 4.69) is 15.2 Å². The fourth-order valence-corrected chi connectivity index (χ4v) is 3.69. The lowest BCUT2D eigenvalue weighted by Gasteiger charge is -2.07. The normalized spacial score (nSPS) is 11.7. The zero-order chi connectivity index (χ0) is 22.4. The van der Waals surface area contributed by atoms with Gasteiger partial charge in [-0.3, -0.25) is 4.79 Å². The summed E-state index contributed by atoms with van der Waals surface area (Å²) in [5.74, 6) is -0.129. The van der Waals surface area contributed by atoms with Crippen LogP contribution < -0.4 is 10.0 Å². The average molecular weight is 444 g/mol. The first-order chi connectivity index (χ1) is 14.8. The van der Waals surface area contributed by atoms with Gasteiger partial charge in [-0.15, -0.1) is 0 Å². The molecule has 0 radical (unpaired) electrons. The van der Waals surface area contributed by atoms with E-state index in [1.165, 1.54) is 36.4 Å². The number of carbonyl (C=O) groups excluding carboxylic acids is 1. The van der Waals surface area contributed by atoms with Crippen LogP contribution in [0.1, 0.15) is 35.9 Å². The van der Waals surface area contributed by atoms with Crippen molar-refractivity contribution in [3.05, 3.63) is 76.9 Å². The second-order valence-corrected chi connectivity index (χ2v) is 8.53. The molecule has 3 rings (SSSR count). The Balaban J connectivity index is 1.68. The summed E-state index contributed by atoms with van der Waals surface area (Å²) in [6, 6.07) is 11.9. The Kier molecular flexibility index (Phi) is 6.98. The second kappa shape index (κ2) is 9.67. The number of sulfonamides is 1. The molecule has 7 nitrogen and oxygen atoms in total. The van der Waals surface area contributed by atoms with Crippen LogP contribution in [0.5, 0.6) is 0 Å². The van der Waals surface area contributed by atoms with Crippen molar-refractivity contribution in [3.63, 3.8) is 0 Å². The van der Waals surface area contributed by atoms with Crippen LogP contribution in [0.25, 0.3) is 12.2 Å². The van der Waals surface area contributed by atoms with Crippen molar-refractivity contribution in [2.75, 3.05) is 5.32 Å². The van der Waals surface area contributed by atoms with Crippen LogP contribution in [0.2, 0.25) is 0 Å². The third kappa shape index (κ3) is 5.87. The predicted octanol–water partition coefficient (Wildman–Crippen LogP) is 4.12. The zero-order valence-electron chi connectivity index (χ0n) is 17.1. The molecule has 3 aromatic rings. The van der Waals surface area contributed by atoms with Crippen molar-refractivity contribution >= 4 is 33.8 Å². The molecule has 0 saturated heterocycles. The third-order valence-corrected chi connectivity index (χ3v) is 5.89. The molecule has 0 atom stereocenters. The van der Waals surface area contributed by atoms with E-state index >= 15 is 0 Å². The van der Waals surface area contributed by atoms with Gasteiger partial charge in [-0.1, -0.05) is 42.4 Å². The zero-order valence-corrected chi connectivity index (χ0v) is 17.9. The van der Waals surface area contributed by atoms with E-state index in [-0.39, 0.29) is 23.2 Å². The Labute approximate surface area is 180 Å². The van der Waals surface area contributed by atoms with E-state index in [1.54, 1.807) is 38.1 Å². The largest absolute Gasteiger partial charge is 0.354 e. The van der Waals surface area contributed by atoms with Crippen LogP contribution >= 0.6 is 0 Å². The molecule has 0 saturated carbocycles. The maximum Gasteiger partial charge on any atom is 0.240 e. The van der Waals surface area contributed by atoms with Crippen LogP contribution in [0.3, 0.4) is 0 Å². The number of nitrogens with zero attached hydrogens (tertiary/aromatic N) is 1. The lowest BCUT2D eigenvalue weighted by atomic mass is 10.2. The number of hydrogen-bond acceptors (Lipinski definition) is 5. The molecule has 2 N–H and O–H groups in total. The van der Waals surface area contributed by atoms with Crippen molar-refractivity contribution in [2.45, 2.75) is 31.7 Å². The quantitative estimate of drug-likeness (QED) is 0.545. The maximum absolute atomic E-state index is 13.0. The molecule has 0 aliphatic carbocycles. The van der Waals surface area contributed by atoms with E-state index in [0.717, 1.165) is 5.56 Å². The molecule has 0 aliphatic rings. The summed E-state index contributed by atoms with van der Waals surface area (Å²) < 4.78 is 45.6. The molecule has 0 spiro atoms. The molecule has 0 aliphatic heterocycles. The number of rotatable bonds is 8. The summed E-state index contributed by atoms with van der Waals surface area (Å²) in [6.45, 7) is 3.53. The molecule has 1 aromatic heterocycles. The van der Waals surface area contributed by atoms with Gasteiger partial charge in [0.2, 0.25) is 15.9 Å². The number of benzene rings is 2. The standard InChI is InChI=1S/C22H22FN3O4S/c1-3-21(27)25-22-15(2)26-30-20(22)13-8-16-6-11-19(12-7-16)31(28,29)24-14-17-4-9-18(23)10-5-17/h4-13,24H,3,14H2,1-2H3,(H,25,27). The predicted molar refractivity (Wildman–Crippen MR) is 116 cm³/mol. The maximum atomic E-state index is 13.0. The molecule has 0 fully saturated rings. The van der Waals surface area contributed by atoms with Gasteiger partial charge in [0.05, 0.1) is 4.90 Å². The molecular weight excluding hydrogens is 421 g/mol. The number of halogens is 1. The molecule has 162 valence electrons. The van der Waals surface area contributed by atoms with Gasteiger partial charge in [0, 0.05) is 13.0 Å². The number of amides is 1. The number of hydrogen-bond donors (Lipinski definition) is 2. The molecule has 1 heterocycles. The summed E-state index contributed by atoms with van der Waals surface area (Å²) in [7, 11) is -3.72. The van der Waals surface area contributed by atoms with E-state index < -0.39 is 10.0 Å². The summed E-state index contributed by atoms with van der Waals surface area (Å²) in [5, 5.41) is 6.61. The van der Waals surface area contributed by atoms with Gasteiger partial charge in [0.15, 0.2) is 5.76 Å². The fourth-order valence-electron chi connectivity index (χ4n) is 2.67. The smallest absolute Gasteiger partial charge is 0.240 e. The van der Waals surface area contributed by atoms with E-state index in [9.17, 15) is 17.6 Å². The van der Waals surface area contributed by atoms with Gasteiger partial charge in [0.25, 0.3) is 0 Å². The highest BCUT2D eigenvalue weighted by Crippen LogP contribution is 2.23. The fraction of sp³-hybridized carbons (Fsp3) is 0.182. The van der Waals surface area contributed by atoms with Crippen LogP contribution in [0.4, 0.5) is 10.1 Å². The third-order valence-electron chi connectivity index (χ3n) is 4.47. The first kappa shape index (κ1) is 22.4. The van der Waals surface area contributed by atoms with Crippen molar-refractivity contribution < 1.29 is 22.1 Å². The van der Waals surface area contributed by atoms with Gasteiger partial charge in [0.1, 0.15) is 17.2 Å². The van der Waals surface area contributed by atoms with Crippen molar-refractivity contribution in [1.29, 1.82) is 0 Å². The lowest BCUT2D eigenvalue weighted by Crippen LogP contribution is -2.23. The van der Waals surface area contributed by atoms with Crippen molar-refractivity contribution in [2.24, 2.45) is 0 Å². The monoisotopic (exact) mass is 443 g/mol. The molecule has 0 bridgehead atoms. The summed E-state index contributed by atoms with van der Waals surface area (Å²) >= 11 is 0. The summed E-state index contributed by atoms with van der Waals surface area (Å²) in [4.78, 5) is 11.8. The van der Waals surface area contributed by atoms with Crippen LogP contribution in [0.15, 0.2) is 57.9 Å².